The predicted octanol–water partition coefficient (Wildman–Crippen LogP) is 3.57. The molecular weight excluding hydrogens is 260 g/mol. The normalized spacial score (nSPS) is 12.7. The van der Waals surface area contributed by atoms with Gasteiger partial charge in [-0.1, -0.05) is 38.1 Å². The fourth-order valence-corrected chi connectivity index (χ4v) is 2.51. The predicted molar refractivity (Wildman–Crippen MR) is 88.6 cm³/mol. The van der Waals surface area contributed by atoms with Crippen LogP contribution in [0.3, 0.4) is 0 Å². The number of pyridine rings is 1. The van der Waals surface area contributed by atoms with Crippen molar-refractivity contribution in [1.29, 1.82) is 0 Å². The van der Waals surface area contributed by atoms with Crippen molar-refractivity contribution in [1.82, 2.24) is 10.3 Å². The molecule has 114 valence electrons. The molecule has 3 nitrogen and oxygen atoms in total. The van der Waals surface area contributed by atoms with E-state index in [4.69, 9.17) is 9.72 Å². The number of likely N-dealkylation sites (N-methyl/N-ethyl adjacent to an activating group) is 1. The molecule has 1 unspecified atom stereocenters. The lowest BCUT2D eigenvalue weighted by Gasteiger charge is -2.17. The maximum atomic E-state index is 5.61. The number of para-hydroxylation sites is 1. The summed E-state index contributed by atoms with van der Waals surface area (Å²) in [4.78, 5) is 4.76. The summed E-state index contributed by atoms with van der Waals surface area (Å²) in [5.41, 5.74) is 2.22. The number of nitrogens with zero attached hydrogens (tertiary/aromatic N) is 1. The standard InChI is InChI=1S/C18H26N2O/c1-3-12-21-13-11-16(19-4-2)14-17-10-9-15-7-5-6-8-18(15)20-17/h5-10,16,19H,3-4,11-14H2,1-2H3. The molecule has 1 heterocycles. The largest absolute Gasteiger partial charge is 0.381 e. The lowest BCUT2D eigenvalue weighted by Crippen LogP contribution is -2.32. The second-order valence-electron chi connectivity index (χ2n) is 5.36. The van der Waals surface area contributed by atoms with E-state index in [0.717, 1.165) is 50.2 Å². The molecule has 0 spiro atoms. The maximum Gasteiger partial charge on any atom is 0.0705 e. The van der Waals surface area contributed by atoms with Gasteiger partial charge in [0.15, 0.2) is 0 Å². The lowest BCUT2D eigenvalue weighted by molar-refractivity contribution is 0.124. The molecule has 0 radical (unpaired) electrons. The van der Waals surface area contributed by atoms with Gasteiger partial charge in [0.1, 0.15) is 0 Å². The van der Waals surface area contributed by atoms with Gasteiger partial charge >= 0.3 is 0 Å². The van der Waals surface area contributed by atoms with Crippen LogP contribution in [0.4, 0.5) is 0 Å². The minimum atomic E-state index is 0.431. The summed E-state index contributed by atoms with van der Waals surface area (Å²) < 4.78 is 5.61. The third kappa shape index (κ3) is 5.10. The number of ether oxygens (including phenoxy) is 1. The first-order valence-electron chi connectivity index (χ1n) is 7.99. The van der Waals surface area contributed by atoms with Crippen molar-refractivity contribution >= 4 is 10.9 Å². The van der Waals surface area contributed by atoms with Crippen LogP contribution in [0.25, 0.3) is 10.9 Å². The second kappa shape index (κ2) is 8.75. The average molecular weight is 286 g/mol. The van der Waals surface area contributed by atoms with Crippen LogP contribution in [0, 0.1) is 0 Å². The van der Waals surface area contributed by atoms with Gasteiger partial charge in [-0.3, -0.25) is 4.98 Å². The van der Waals surface area contributed by atoms with Crippen LogP contribution < -0.4 is 5.32 Å². The third-order valence-electron chi connectivity index (χ3n) is 3.56. The molecule has 1 aromatic carbocycles. The Morgan fingerprint density at radius 1 is 1.10 bits per heavy atom. The highest BCUT2D eigenvalue weighted by Gasteiger charge is 2.09. The van der Waals surface area contributed by atoms with Crippen molar-refractivity contribution in [3.8, 4) is 0 Å². The molecular formula is C18H26N2O. The molecule has 0 aliphatic heterocycles. The average Bonchev–Trinajstić information content (AvgIpc) is 2.51. The van der Waals surface area contributed by atoms with E-state index in [-0.39, 0.29) is 0 Å². The summed E-state index contributed by atoms with van der Waals surface area (Å²) in [5.74, 6) is 0. The minimum Gasteiger partial charge on any atom is -0.381 e. The van der Waals surface area contributed by atoms with Crippen molar-refractivity contribution in [2.24, 2.45) is 0 Å². The fourth-order valence-electron chi connectivity index (χ4n) is 2.51. The molecule has 0 aliphatic carbocycles. The van der Waals surface area contributed by atoms with Crippen LogP contribution >= 0.6 is 0 Å². The molecule has 21 heavy (non-hydrogen) atoms. The molecule has 0 saturated heterocycles. The van der Waals surface area contributed by atoms with Gasteiger partial charge in [-0.05, 0) is 31.5 Å². The molecule has 2 rings (SSSR count). The SMILES string of the molecule is CCCOCCC(Cc1ccc2ccccc2n1)NCC. The molecule has 0 fully saturated rings. The van der Waals surface area contributed by atoms with Gasteiger partial charge in [-0.2, -0.15) is 0 Å². The van der Waals surface area contributed by atoms with Crippen molar-refractivity contribution in [2.45, 2.75) is 39.2 Å². The van der Waals surface area contributed by atoms with Crippen molar-refractivity contribution in [3.63, 3.8) is 0 Å². The lowest BCUT2D eigenvalue weighted by atomic mass is 10.1. The summed E-state index contributed by atoms with van der Waals surface area (Å²) in [6.07, 6.45) is 3.06. The van der Waals surface area contributed by atoms with E-state index >= 15 is 0 Å². The second-order valence-corrected chi connectivity index (χ2v) is 5.36. The minimum absolute atomic E-state index is 0.431. The molecule has 0 bridgehead atoms. The molecule has 0 amide bonds. The topological polar surface area (TPSA) is 34.1 Å². The van der Waals surface area contributed by atoms with Crippen molar-refractivity contribution in [3.05, 3.63) is 42.1 Å². The zero-order chi connectivity index (χ0) is 14.9. The van der Waals surface area contributed by atoms with Gasteiger partial charge in [-0.15, -0.1) is 0 Å². The highest BCUT2D eigenvalue weighted by atomic mass is 16.5. The number of hydrogen-bond acceptors (Lipinski definition) is 3. The van der Waals surface area contributed by atoms with Crippen LogP contribution in [0.5, 0.6) is 0 Å². The van der Waals surface area contributed by atoms with Gasteiger partial charge in [0.25, 0.3) is 0 Å². The molecule has 1 atom stereocenters. The van der Waals surface area contributed by atoms with Gasteiger partial charge in [0.2, 0.25) is 0 Å². The van der Waals surface area contributed by atoms with E-state index in [2.05, 4.69) is 49.5 Å². The first-order valence-corrected chi connectivity index (χ1v) is 7.99. The van der Waals surface area contributed by atoms with E-state index in [1.165, 1.54) is 5.39 Å². The Bertz CT molecular complexity index is 541. The van der Waals surface area contributed by atoms with E-state index in [1.54, 1.807) is 0 Å². The Labute approximate surface area is 127 Å². The summed E-state index contributed by atoms with van der Waals surface area (Å²) >= 11 is 0. The number of nitrogens with one attached hydrogen (secondary N) is 1. The zero-order valence-corrected chi connectivity index (χ0v) is 13.1. The highest BCUT2D eigenvalue weighted by Crippen LogP contribution is 2.13. The van der Waals surface area contributed by atoms with E-state index in [9.17, 15) is 0 Å². The molecule has 1 aromatic heterocycles. The Morgan fingerprint density at radius 2 is 1.95 bits per heavy atom. The van der Waals surface area contributed by atoms with Gasteiger partial charge in [0.05, 0.1) is 5.52 Å². The molecule has 1 N–H and O–H groups in total. The Kier molecular flexibility index (Phi) is 6.64. The third-order valence-corrected chi connectivity index (χ3v) is 3.56. The summed E-state index contributed by atoms with van der Waals surface area (Å²) in [6, 6.07) is 13.0. The molecule has 0 aliphatic rings. The summed E-state index contributed by atoms with van der Waals surface area (Å²) in [7, 11) is 0. The fraction of sp³-hybridized carbons (Fsp3) is 0.500. The number of fused-ring (bicyclic) bond motifs is 1. The van der Waals surface area contributed by atoms with Crippen LogP contribution in [-0.2, 0) is 11.2 Å². The monoisotopic (exact) mass is 286 g/mol. The first kappa shape index (κ1) is 15.9. The summed E-state index contributed by atoms with van der Waals surface area (Å²) in [5, 5.41) is 4.74. The number of aromatic nitrogens is 1. The number of hydrogen-bond donors (Lipinski definition) is 1. The quantitative estimate of drug-likeness (QED) is 0.716. The van der Waals surface area contributed by atoms with Gasteiger partial charge in [-0.25, -0.2) is 0 Å². The smallest absolute Gasteiger partial charge is 0.0705 e. The molecule has 0 saturated carbocycles. The first-order chi connectivity index (χ1) is 10.3. The van der Waals surface area contributed by atoms with E-state index < -0.39 is 0 Å². The van der Waals surface area contributed by atoms with E-state index in [1.807, 2.05) is 6.07 Å². The maximum absolute atomic E-state index is 5.61. The van der Waals surface area contributed by atoms with E-state index in [0.29, 0.717) is 6.04 Å². The van der Waals surface area contributed by atoms with Gasteiger partial charge < -0.3 is 10.1 Å². The molecule has 3 heteroatoms. The summed E-state index contributed by atoms with van der Waals surface area (Å²) in [6.45, 7) is 6.94. The van der Waals surface area contributed by atoms with Crippen LogP contribution in [0.1, 0.15) is 32.4 Å². The Balaban J connectivity index is 1.96. The van der Waals surface area contributed by atoms with Gasteiger partial charge in [0, 0.05) is 36.8 Å². The Morgan fingerprint density at radius 3 is 2.76 bits per heavy atom. The number of benzene rings is 1. The number of rotatable bonds is 9. The zero-order valence-electron chi connectivity index (χ0n) is 13.1. The van der Waals surface area contributed by atoms with Crippen LogP contribution in [0.15, 0.2) is 36.4 Å². The van der Waals surface area contributed by atoms with Crippen LogP contribution in [-0.4, -0.2) is 30.8 Å². The van der Waals surface area contributed by atoms with Crippen LogP contribution in [0.2, 0.25) is 0 Å². The van der Waals surface area contributed by atoms with Crippen molar-refractivity contribution < 1.29 is 4.74 Å². The Hall–Kier alpha value is -1.45. The molecule has 2 aromatic rings. The van der Waals surface area contributed by atoms with Crippen molar-refractivity contribution in [2.75, 3.05) is 19.8 Å². The highest BCUT2D eigenvalue weighted by molar-refractivity contribution is 5.78.